The molecule has 0 spiro atoms. The smallest absolute Gasteiger partial charge is 0.135 e. The first-order valence-corrected chi connectivity index (χ1v) is 14.7. The van der Waals surface area contributed by atoms with Crippen LogP contribution in [0.1, 0.15) is 11.1 Å². The Morgan fingerprint density at radius 1 is 0.574 bits per heavy atom. The number of aromatic nitrogens is 4. The highest BCUT2D eigenvalue weighted by Gasteiger charge is 2.21. The van der Waals surface area contributed by atoms with Crippen molar-refractivity contribution in [2.75, 3.05) is 0 Å². The third-order valence-corrected chi connectivity index (χ3v) is 8.25. The van der Waals surface area contributed by atoms with Crippen molar-refractivity contribution in [3.8, 4) is 51.3 Å². The molecule has 0 saturated carbocycles. The molecule has 220 valence electrons. The Morgan fingerprint density at radius 3 is 1.89 bits per heavy atom. The minimum Gasteiger partial charge on any atom is -0.247 e. The van der Waals surface area contributed by atoms with E-state index >= 15 is 0 Å². The van der Waals surface area contributed by atoms with Crippen LogP contribution < -0.4 is 0 Å². The Hall–Kier alpha value is -6.77. The molecule has 0 unspecified atom stereocenters. The molecule has 0 atom stereocenters. The maximum absolute atomic E-state index is 14.9. The fourth-order valence-corrected chi connectivity index (χ4v) is 6.04. The predicted molar refractivity (Wildman–Crippen MR) is 177 cm³/mol. The van der Waals surface area contributed by atoms with Crippen molar-refractivity contribution in [1.29, 1.82) is 10.5 Å². The van der Waals surface area contributed by atoms with Gasteiger partial charge in [-0.15, -0.1) is 10.2 Å². The summed E-state index contributed by atoms with van der Waals surface area (Å²) >= 11 is 0. The van der Waals surface area contributed by atoms with Crippen LogP contribution in [0.25, 0.3) is 71.9 Å². The number of benzene rings is 6. The van der Waals surface area contributed by atoms with Gasteiger partial charge in [-0.3, -0.25) is 0 Å². The number of nitrogens with zero attached hydrogens (tertiary/aromatic N) is 6. The number of nitriles is 2. The van der Waals surface area contributed by atoms with Gasteiger partial charge in [0.05, 0.1) is 45.7 Å². The third-order valence-electron chi connectivity index (χ3n) is 8.25. The van der Waals surface area contributed by atoms with Crippen LogP contribution in [0.4, 0.5) is 8.78 Å². The highest BCUT2D eigenvalue weighted by molar-refractivity contribution is 6.23. The van der Waals surface area contributed by atoms with E-state index in [0.29, 0.717) is 27.9 Å². The van der Waals surface area contributed by atoms with Gasteiger partial charge in [-0.2, -0.15) is 15.3 Å². The molecule has 8 rings (SSSR count). The van der Waals surface area contributed by atoms with E-state index in [4.69, 9.17) is 20.4 Å². The molecule has 0 radical (unpaired) electrons. The number of halogens is 2. The van der Waals surface area contributed by atoms with Crippen LogP contribution in [0.2, 0.25) is 0 Å². The largest absolute Gasteiger partial charge is 0.247 e. The van der Waals surface area contributed by atoms with Crippen LogP contribution in [0, 0.1) is 34.3 Å². The van der Waals surface area contributed by atoms with Gasteiger partial charge in [0.15, 0.2) is 0 Å². The molecular formula is C39H20F2N6. The second-order valence-corrected chi connectivity index (χ2v) is 11.0. The summed E-state index contributed by atoms with van der Waals surface area (Å²) < 4.78 is 29.8. The van der Waals surface area contributed by atoms with Gasteiger partial charge in [-0.1, -0.05) is 72.8 Å². The van der Waals surface area contributed by atoms with Gasteiger partial charge in [0.1, 0.15) is 22.7 Å². The summed E-state index contributed by atoms with van der Waals surface area (Å²) in [6.07, 6.45) is 0. The van der Waals surface area contributed by atoms with Crippen LogP contribution in [0.3, 0.4) is 0 Å². The van der Waals surface area contributed by atoms with Crippen molar-refractivity contribution < 1.29 is 8.78 Å². The van der Waals surface area contributed by atoms with Crippen LogP contribution in [-0.2, 0) is 0 Å². The normalized spacial score (nSPS) is 11.1. The first kappa shape index (κ1) is 27.8. The maximum Gasteiger partial charge on any atom is 0.135 e. The summed E-state index contributed by atoms with van der Waals surface area (Å²) in [5.41, 5.74) is 6.61. The van der Waals surface area contributed by atoms with Crippen LogP contribution in [0.5, 0.6) is 0 Å². The summed E-state index contributed by atoms with van der Waals surface area (Å²) in [4.78, 5) is 6.71. The molecule has 0 amide bonds. The molecule has 0 aliphatic carbocycles. The number of hydrogen-bond acceptors (Lipinski definition) is 5. The second kappa shape index (κ2) is 11.0. The van der Waals surface area contributed by atoms with Crippen LogP contribution >= 0.6 is 0 Å². The van der Waals surface area contributed by atoms with Crippen molar-refractivity contribution in [2.24, 2.45) is 0 Å². The molecular weight excluding hydrogens is 590 g/mol. The maximum atomic E-state index is 14.9. The van der Waals surface area contributed by atoms with Gasteiger partial charge in [0, 0.05) is 27.3 Å². The Labute approximate surface area is 267 Å². The lowest BCUT2D eigenvalue weighted by molar-refractivity contribution is 0.589. The Kier molecular flexibility index (Phi) is 6.49. The van der Waals surface area contributed by atoms with Crippen LogP contribution in [-0.4, -0.2) is 20.0 Å². The zero-order valence-electron chi connectivity index (χ0n) is 24.5. The molecule has 8 heteroatoms. The van der Waals surface area contributed by atoms with E-state index < -0.39 is 11.6 Å². The summed E-state index contributed by atoms with van der Waals surface area (Å²) in [5.74, 6) is -1.61. The van der Waals surface area contributed by atoms with E-state index in [1.165, 1.54) is 0 Å². The van der Waals surface area contributed by atoms with Gasteiger partial charge in [0.2, 0.25) is 0 Å². The van der Waals surface area contributed by atoms with E-state index in [-0.39, 0.29) is 11.1 Å². The lowest BCUT2D eigenvalue weighted by Crippen LogP contribution is -1.97. The van der Waals surface area contributed by atoms with E-state index in [2.05, 4.69) is 6.07 Å². The summed E-state index contributed by atoms with van der Waals surface area (Å²) in [7, 11) is 0. The lowest BCUT2D eigenvalue weighted by Gasteiger charge is -2.13. The number of pyridine rings is 1. The zero-order chi connectivity index (χ0) is 32.1. The summed E-state index contributed by atoms with van der Waals surface area (Å²) in [6, 6.07) is 39.8. The average molecular weight is 611 g/mol. The van der Waals surface area contributed by atoms with Gasteiger partial charge in [-0.25, -0.2) is 13.8 Å². The number of para-hydroxylation sites is 2. The summed E-state index contributed by atoms with van der Waals surface area (Å²) in [6.45, 7) is 0. The SMILES string of the molecule is N#Cc1ccc(-c2cc3c(-c4ccc(-c5c(F)cc(C#N)cc5F)cc4)nc4ccccc4c3c3nn(-c4ccccc4)nc23)cc1. The van der Waals surface area contributed by atoms with E-state index in [9.17, 15) is 14.0 Å². The molecule has 0 aliphatic rings. The number of rotatable bonds is 4. The molecule has 0 saturated heterocycles. The Balaban J connectivity index is 1.41. The van der Waals surface area contributed by atoms with Gasteiger partial charge >= 0.3 is 0 Å². The second-order valence-electron chi connectivity index (χ2n) is 11.0. The molecule has 0 bridgehead atoms. The average Bonchev–Trinajstić information content (AvgIpc) is 3.57. The zero-order valence-corrected chi connectivity index (χ0v) is 24.5. The molecule has 2 heterocycles. The fraction of sp³-hybridized carbons (Fsp3) is 0. The van der Waals surface area contributed by atoms with Gasteiger partial charge in [0.25, 0.3) is 0 Å². The quantitative estimate of drug-likeness (QED) is 0.185. The standard InChI is InChI=1S/C39H20F2N6/c40-32-18-24(22-43)19-33(41)35(32)26-14-16-27(17-15-26)37-31-20-30(25-12-10-23(21-42)11-13-25)38-39(36(31)29-8-4-5-9-34(29)44-37)46-47(45-38)28-6-2-1-3-7-28/h1-20H. The molecule has 6 aromatic carbocycles. The highest BCUT2D eigenvalue weighted by Crippen LogP contribution is 2.41. The van der Waals surface area contributed by atoms with E-state index in [0.717, 1.165) is 56.2 Å². The predicted octanol–water partition coefficient (Wildman–Crippen LogP) is 9.14. The number of fused-ring (bicyclic) bond motifs is 5. The van der Waals surface area contributed by atoms with E-state index in [1.54, 1.807) is 47.3 Å². The fourth-order valence-electron chi connectivity index (χ4n) is 6.04. The molecule has 47 heavy (non-hydrogen) atoms. The topological polar surface area (TPSA) is 91.2 Å². The Bertz CT molecular complexity index is 2570. The molecule has 0 fully saturated rings. The monoisotopic (exact) mass is 610 g/mol. The van der Waals surface area contributed by atoms with Crippen molar-refractivity contribution in [2.45, 2.75) is 0 Å². The van der Waals surface area contributed by atoms with Crippen molar-refractivity contribution in [1.82, 2.24) is 20.0 Å². The minimum atomic E-state index is -0.806. The first-order valence-electron chi connectivity index (χ1n) is 14.7. The lowest BCUT2D eigenvalue weighted by atomic mass is 9.93. The van der Waals surface area contributed by atoms with Crippen LogP contribution in [0.15, 0.2) is 121 Å². The third kappa shape index (κ3) is 4.64. The van der Waals surface area contributed by atoms with Crippen molar-refractivity contribution in [3.63, 3.8) is 0 Å². The molecule has 2 aromatic heterocycles. The summed E-state index contributed by atoms with van der Waals surface area (Å²) in [5, 5.41) is 31.1. The van der Waals surface area contributed by atoms with E-state index in [1.807, 2.05) is 72.8 Å². The molecule has 0 aliphatic heterocycles. The molecule has 8 aromatic rings. The Morgan fingerprint density at radius 2 is 1.19 bits per heavy atom. The molecule has 6 nitrogen and oxygen atoms in total. The van der Waals surface area contributed by atoms with Crippen molar-refractivity contribution >= 4 is 32.7 Å². The number of hydrogen-bond donors (Lipinski definition) is 0. The van der Waals surface area contributed by atoms with Gasteiger partial charge < -0.3 is 0 Å². The minimum absolute atomic E-state index is 0.0826. The molecule has 0 N–H and O–H groups in total. The van der Waals surface area contributed by atoms with Gasteiger partial charge in [-0.05, 0) is 59.7 Å². The van der Waals surface area contributed by atoms with Crippen molar-refractivity contribution in [3.05, 3.63) is 144 Å². The first-order chi connectivity index (χ1) is 23.0. The highest BCUT2D eigenvalue weighted by atomic mass is 19.1.